The zero-order valence-corrected chi connectivity index (χ0v) is 18.8. The van der Waals surface area contributed by atoms with Gasteiger partial charge in [0.1, 0.15) is 18.0 Å². The summed E-state index contributed by atoms with van der Waals surface area (Å²) in [4.78, 5) is 14.2. The third kappa shape index (κ3) is 6.47. The van der Waals surface area contributed by atoms with E-state index >= 15 is 0 Å². The van der Waals surface area contributed by atoms with Gasteiger partial charge in [-0.3, -0.25) is 9.10 Å². The minimum atomic E-state index is -3.67. The number of nitrogens with zero attached hydrogens (tertiary/aromatic N) is 2. The van der Waals surface area contributed by atoms with Gasteiger partial charge in [0.2, 0.25) is 15.9 Å². The molecule has 1 amide bonds. The lowest BCUT2D eigenvalue weighted by Crippen LogP contribution is -2.41. The molecule has 31 heavy (non-hydrogen) atoms. The maximum Gasteiger partial charge on any atom is 0.243 e. The number of carbonyl (C=O) groups is 1. The topological polar surface area (TPSA) is 66.9 Å². The molecule has 0 N–H and O–H groups in total. The Morgan fingerprint density at radius 2 is 1.48 bits per heavy atom. The average Bonchev–Trinajstić information content (AvgIpc) is 2.74. The summed E-state index contributed by atoms with van der Waals surface area (Å²) in [6.45, 7) is 0.0409. The van der Waals surface area contributed by atoms with Crippen molar-refractivity contribution in [1.82, 2.24) is 4.90 Å². The van der Waals surface area contributed by atoms with Gasteiger partial charge >= 0.3 is 0 Å². The summed E-state index contributed by atoms with van der Waals surface area (Å²) >= 11 is 5.89. The van der Waals surface area contributed by atoms with Crippen molar-refractivity contribution < 1.29 is 17.9 Å². The molecule has 0 aliphatic rings. The minimum absolute atomic E-state index is 0.304. The highest BCUT2D eigenvalue weighted by Gasteiger charge is 2.23. The van der Waals surface area contributed by atoms with Crippen LogP contribution < -0.4 is 9.04 Å². The molecule has 6 nitrogen and oxygen atoms in total. The molecule has 0 radical (unpaired) electrons. The van der Waals surface area contributed by atoms with E-state index in [4.69, 9.17) is 16.3 Å². The monoisotopic (exact) mass is 458 g/mol. The minimum Gasteiger partial charge on any atom is -0.457 e. The van der Waals surface area contributed by atoms with Crippen molar-refractivity contribution in [3.05, 3.63) is 89.4 Å². The summed E-state index contributed by atoms with van der Waals surface area (Å²) in [5, 5.41) is 0.612. The van der Waals surface area contributed by atoms with E-state index in [0.717, 1.165) is 16.1 Å². The first kappa shape index (κ1) is 22.7. The van der Waals surface area contributed by atoms with Crippen LogP contribution in [0, 0.1) is 0 Å². The molecule has 162 valence electrons. The van der Waals surface area contributed by atoms with Gasteiger partial charge in [-0.25, -0.2) is 8.42 Å². The number of ether oxygens (including phenoxy) is 1. The molecule has 0 saturated carbocycles. The fourth-order valence-electron chi connectivity index (χ4n) is 2.90. The number of hydrogen-bond acceptors (Lipinski definition) is 4. The maximum absolute atomic E-state index is 12.7. The lowest BCUT2D eigenvalue weighted by atomic mass is 10.2. The van der Waals surface area contributed by atoms with E-state index in [0.29, 0.717) is 28.8 Å². The first-order chi connectivity index (χ1) is 14.7. The van der Waals surface area contributed by atoms with Gasteiger partial charge in [0.15, 0.2) is 0 Å². The van der Waals surface area contributed by atoms with E-state index in [2.05, 4.69) is 0 Å². The lowest BCUT2D eigenvalue weighted by Gasteiger charge is -2.25. The van der Waals surface area contributed by atoms with Crippen LogP contribution in [0.3, 0.4) is 0 Å². The standard InChI is InChI=1S/C23H23ClN2O4S/c1-25(16-18-8-10-19(24)11-9-18)23(27)17-26(31(2,28)29)20-12-14-22(15-13-20)30-21-6-4-3-5-7-21/h3-15H,16-17H2,1-2H3. The van der Waals surface area contributed by atoms with Gasteiger partial charge in [-0.05, 0) is 54.1 Å². The summed E-state index contributed by atoms with van der Waals surface area (Å²) in [5.41, 5.74) is 1.28. The van der Waals surface area contributed by atoms with E-state index in [1.54, 1.807) is 43.4 Å². The second-order valence-electron chi connectivity index (χ2n) is 7.05. The summed E-state index contributed by atoms with van der Waals surface area (Å²) in [5.74, 6) is 0.911. The molecule has 0 aliphatic carbocycles. The Hall–Kier alpha value is -3.03. The number of sulfonamides is 1. The molecule has 0 saturated heterocycles. The fraction of sp³-hybridized carbons (Fsp3) is 0.174. The lowest BCUT2D eigenvalue weighted by molar-refractivity contribution is -0.128. The Labute approximate surface area is 187 Å². The number of carbonyl (C=O) groups excluding carboxylic acids is 1. The number of amides is 1. The van der Waals surface area contributed by atoms with Crippen LogP contribution in [0.2, 0.25) is 5.02 Å². The number of benzene rings is 3. The normalized spacial score (nSPS) is 11.1. The average molecular weight is 459 g/mol. The van der Waals surface area contributed by atoms with Gasteiger partial charge in [-0.15, -0.1) is 0 Å². The number of likely N-dealkylation sites (N-methyl/N-ethyl adjacent to an activating group) is 1. The molecule has 0 unspecified atom stereocenters. The third-order valence-corrected chi connectivity index (χ3v) is 5.93. The van der Waals surface area contributed by atoms with Crippen LogP contribution in [0.15, 0.2) is 78.9 Å². The van der Waals surface area contributed by atoms with Crippen LogP contribution in [0.25, 0.3) is 0 Å². The van der Waals surface area contributed by atoms with E-state index in [1.807, 2.05) is 42.5 Å². The number of rotatable bonds is 8. The van der Waals surface area contributed by atoms with E-state index < -0.39 is 10.0 Å². The number of hydrogen-bond donors (Lipinski definition) is 0. The number of anilines is 1. The molecule has 3 rings (SSSR count). The van der Waals surface area contributed by atoms with Crippen molar-refractivity contribution in [1.29, 1.82) is 0 Å². The van der Waals surface area contributed by atoms with Crippen molar-refractivity contribution in [3.8, 4) is 11.5 Å². The zero-order valence-electron chi connectivity index (χ0n) is 17.2. The van der Waals surface area contributed by atoms with Crippen LogP contribution >= 0.6 is 11.6 Å². The van der Waals surface area contributed by atoms with E-state index in [9.17, 15) is 13.2 Å². The summed E-state index contributed by atoms with van der Waals surface area (Å²) in [6.07, 6.45) is 1.08. The largest absolute Gasteiger partial charge is 0.457 e. The molecule has 8 heteroatoms. The van der Waals surface area contributed by atoms with Crippen LogP contribution in [-0.2, 0) is 21.4 Å². The zero-order chi connectivity index (χ0) is 22.4. The van der Waals surface area contributed by atoms with Crippen molar-refractivity contribution >= 4 is 33.2 Å². The highest BCUT2D eigenvalue weighted by atomic mass is 35.5. The van der Waals surface area contributed by atoms with Gasteiger partial charge in [-0.2, -0.15) is 0 Å². The van der Waals surface area contributed by atoms with E-state index in [-0.39, 0.29) is 12.5 Å². The van der Waals surface area contributed by atoms with Gasteiger partial charge in [0.25, 0.3) is 0 Å². The molecule has 3 aromatic carbocycles. The molecule has 0 fully saturated rings. The Kier molecular flexibility index (Phi) is 7.20. The summed E-state index contributed by atoms with van der Waals surface area (Å²) in [6, 6.07) is 23.0. The smallest absolute Gasteiger partial charge is 0.243 e. The second kappa shape index (κ2) is 9.85. The molecular weight excluding hydrogens is 436 g/mol. The van der Waals surface area contributed by atoms with Crippen LogP contribution in [0.5, 0.6) is 11.5 Å². The Morgan fingerprint density at radius 3 is 2.06 bits per heavy atom. The molecule has 0 heterocycles. The molecule has 0 bridgehead atoms. The molecule has 0 spiro atoms. The van der Waals surface area contributed by atoms with Crippen LogP contribution in [0.4, 0.5) is 5.69 Å². The molecule has 3 aromatic rings. The number of para-hydroxylation sites is 1. The Bertz CT molecular complexity index is 1120. The highest BCUT2D eigenvalue weighted by molar-refractivity contribution is 7.92. The van der Waals surface area contributed by atoms with E-state index in [1.165, 1.54) is 4.90 Å². The van der Waals surface area contributed by atoms with Gasteiger partial charge in [0.05, 0.1) is 11.9 Å². The van der Waals surface area contributed by atoms with Crippen molar-refractivity contribution in [2.24, 2.45) is 0 Å². The third-order valence-electron chi connectivity index (χ3n) is 4.54. The highest BCUT2D eigenvalue weighted by Crippen LogP contribution is 2.25. The van der Waals surface area contributed by atoms with Gasteiger partial charge in [0, 0.05) is 18.6 Å². The first-order valence-corrected chi connectivity index (χ1v) is 11.7. The molecular formula is C23H23ClN2O4S. The predicted molar refractivity (Wildman–Crippen MR) is 123 cm³/mol. The predicted octanol–water partition coefficient (Wildman–Crippen LogP) is 4.56. The molecule has 0 aliphatic heterocycles. The number of halogens is 1. The molecule has 0 aromatic heterocycles. The van der Waals surface area contributed by atoms with Crippen molar-refractivity contribution in [3.63, 3.8) is 0 Å². The first-order valence-electron chi connectivity index (χ1n) is 9.51. The van der Waals surface area contributed by atoms with Gasteiger partial charge in [-0.1, -0.05) is 41.9 Å². The van der Waals surface area contributed by atoms with Crippen molar-refractivity contribution in [2.45, 2.75) is 6.54 Å². The SMILES string of the molecule is CN(Cc1ccc(Cl)cc1)C(=O)CN(c1ccc(Oc2ccccc2)cc1)S(C)(=O)=O. The summed E-state index contributed by atoms with van der Waals surface area (Å²) in [7, 11) is -2.04. The van der Waals surface area contributed by atoms with Crippen molar-refractivity contribution in [2.75, 3.05) is 24.2 Å². The quantitative estimate of drug-likeness (QED) is 0.496. The summed E-state index contributed by atoms with van der Waals surface area (Å²) < 4.78 is 31.6. The van der Waals surface area contributed by atoms with Gasteiger partial charge < -0.3 is 9.64 Å². The molecule has 0 atom stereocenters. The fourth-order valence-corrected chi connectivity index (χ4v) is 3.88. The van der Waals surface area contributed by atoms with Crippen LogP contribution in [-0.4, -0.2) is 39.1 Å². The van der Waals surface area contributed by atoms with Crippen LogP contribution in [0.1, 0.15) is 5.56 Å². The second-order valence-corrected chi connectivity index (χ2v) is 9.40. The maximum atomic E-state index is 12.7. The Morgan fingerprint density at radius 1 is 0.903 bits per heavy atom. The Balaban J connectivity index is 1.71.